The van der Waals surface area contributed by atoms with Crippen molar-refractivity contribution in [3.05, 3.63) is 35.9 Å². The molecule has 1 aromatic rings. The molecule has 1 fully saturated rings. The zero-order valence-electron chi connectivity index (χ0n) is 11.3. The van der Waals surface area contributed by atoms with Crippen LogP contribution < -0.4 is 0 Å². The largest absolute Gasteiger partial charge is 0.522 e. The minimum absolute atomic E-state index is 0.241. The molecule has 0 aromatic heterocycles. The standard InChI is InChI=1S/C14H16F3NO3/c15-14(16,17)21-12-6-8-18(9-7-12)13(20-10-19)11-4-2-1-3-5-11/h1-5,10,12-13H,6-9H2. The highest BCUT2D eigenvalue weighted by molar-refractivity contribution is 5.38. The van der Waals surface area contributed by atoms with Crippen molar-refractivity contribution in [2.75, 3.05) is 13.1 Å². The molecule has 0 radical (unpaired) electrons. The summed E-state index contributed by atoms with van der Waals surface area (Å²) in [6.07, 6.45) is -5.54. The van der Waals surface area contributed by atoms with E-state index < -0.39 is 18.7 Å². The van der Waals surface area contributed by atoms with Gasteiger partial charge in [-0.2, -0.15) is 0 Å². The molecule has 0 N–H and O–H groups in total. The van der Waals surface area contributed by atoms with Gasteiger partial charge in [0.15, 0.2) is 6.23 Å². The second-order valence-corrected chi connectivity index (χ2v) is 4.79. The van der Waals surface area contributed by atoms with Gasteiger partial charge in [-0.15, -0.1) is 13.2 Å². The number of nitrogens with zero attached hydrogens (tertiary/aromatic N) is 1. The van der Waals surface area contributed by atoms with E-state index >= 15 is 0 Å². The molecule has 0 spiro atoms. The fourth-order valence-electron chi connectivity index (χ4n) is 2.46. The van der Waals surface area contributed by atoms with Gasteiger partial charge in [-0.25, -0.2) is 0 Å². The molecule has 1 aliphatic rings. The van der Waals surface area contributed by atoms with E-state index in [1.165, 1.54) is 0 Å². The Kier molecular flexibility index (Phi) is 5.19. The Morgan fingerprint density at radius 1 is 1.19 bits per heavy atom. The van der Waals surface area contributed by atoms with Crippen LogP contribution in [0.2, 0.25) is 0 Å². The molecule has 2 rings (SSSR count). The third-order valence-electron chi connectivity index (χ3n) is 3.38. The first-order valence-corrected chi connectivity index (χ1v) is 6.62. The smallest absolute Gasteiger partial charge is 0.444 e. The second-order valence-electron chi connectivity index (χ2n) is 4.79. The highest BCUT2D eigenvalue weighted by Gasteiger charge is 2.36. The summed E-state index contributed by atoms with van der Waals surface area (Å²) in [5.41, 5.74) is 0.791. The van der Waals surface area contributed by atoms with Crippen molar-refractivity contribution < 1.29 is 27.4 Å². The molecule has 1 heterocycles. The van der Waals surface area contributed by atoms with Gasteiger partial charge in [0.05, 0.1) is 6.10 Å². The molecule has 0 bridgehead atoms. The molecular weight excluding hydrogens is 287 g/mol. The summed E-state index contributed by atoms with van der Waals surface area (Å²) in [7, 11) is 0. The summed E-state index contributed by atoms with van der Waals surface area (Å²) >= 11 is 0. The van der Waals surface area contributed by atoms with Gasteiger partial charge in [0.25, 0.3) is 6.47 Å². The van der Waals surface area contributed by atoms with Crippen LogP contribution >= 0.6 is 0 Å². The van der Waals surface area contributed by atoms with Crippen LogP contribution in [0.15, 0.2) is 30.3 Å². The molecule has 7 heteroatoms. The van der Waals surface area contributed by atoms with E-state index in [0.29, 0.717) is 19.6 Å². The molecule has 1 unspecified atom stereocenters. The molecular formula is C14H16F3NO3. The maximum atomic E-state index is 12.2. The highest BCUT2D eigenvalue weighted by atomic mass is 19.4. The van der Waals surface area contributed by atoms with E-state index in [2.05, 4.69) is 4.74 Å². The molecule has 1 atom stereocenters. The van der Waals surface area contributed by atoms with Crippen molar-refractivity contribution in [1.82, 2.24) is 4.90 Å². The van der Waals surface area contributed by atoms with Gasteiger partial charge in [0.1, 0.15) is 0 Å². The fourth-order valence-corrected chi connectivity index (χ4v) is 2.46. The third-order valence-corrected chi connectivity index (χ3v) is 3.38. The number of carbonyl (C=O) groups excluding carboxylic acids is 1. The summed E-state index contributed by atoms with van der Waals surface area (Å²) in [5.74, 6) is 0. The summed E-state index contributed by atoms with van der Waals surface area (Å²) in [6, 6.07) is 9.09. The lowest BCUT2D eigenvalue weighted by Gasteiger charge is -2.36. The van der Waals surface area contributed by atoms with Gasteiger partial charge in [0, 0.05) is 18.7 Å². The SMILES string of the molecule is O=COC(c1ccccc1)N1CCC(OC(F)(F)F)CC1. The summed E-state index contributed by atoms with van der Waals surface area (Å²) in [4.78, 5) is 12.5. The van der Waals surface area contributed by atoms with Gasteiger partial charge >= 0.3 is 6.36 Å². The van der Waals surface area contributed by atoms with Gasteiger partial charge < -0.3 is 4.74 Å². The number of benzene rings is 1. The van der Waals surface area contributed by atoms with Gasteiger partial charge in [-0.1, -0.05) is 30.3 Å². The Balaban J connectivity index is 1.97. The number of carbonyl (C=O) groups is 1. The van der Waals surface area contributed by atoms with Crippen LogP contribution in [0.1, 0.15) is 24.6 Å². The van der Waals surface area contributed by atoms with Gasteiger partial charge in [-0.05, 0) is 12.8 Å². The molecule has 1 aliphatic heterocycles. The summed E-state index contributed by atoms with van der Waals surface area (Å²) in [5, 5.41) is 0. The second kappa shape index (κ2) is 6.91. The van der Waals surface area contributed by atoms with Crippen LogP contribution in [0.4, 0.5) is 13.2 Å². The van der Waals surface area contributed by atoms with E-state index in [4.69, 9.17) is 4.74 Å². The highest BCUT2D eigenvalue weighted by Crippen LogP contribution is 2.29. The molecule has 0 aliphatic carbocycles. The molecule has 0 saturated carbocycles. The first-order valence-electron chi connectivity index (χ1n) is 6.62. The van der Waals surface area contributed by atoms with Crippen LogP contribution in [-0.4, -0.2) is 36.9 Å². The first-order chi connectivity index (χ1) is 9.99. The number of halogens is 3. The Labute approximate surface area is 120 Å². The minimum atomic E-state index is -4.61. The third kappa shape index (κ3) is 4.71. The number of hydrogen-bond acceptors (Lipinski definition) is 4. The minimum Gasteiger partial charge on any atom is -0.444 e. The average molecular weight is 303 g/mol. The lowest BCUT2D eigenvalue weighted by Crippen LogP contribution is -2.41. The van der Waals surface area contributed by atoms with Gasteiger partial charge in [0.2, 0.25) is 0 Å². The van der Waals surface area contributed by atoms with Crippen molar-refractivity contribution in [3.63, 3.8) is 0 Å². The maximum absolute atomic E-state index is 12.2. The van der Waals surface area contributed by atoms with Crippen molar-refractivity contribution in [2.45, 2.75) is 31.5 Å². The topological polar surface area (TPSA) is 38.8 Å². The van der Waals surface area contributed by atoms with E-state index in [0.717, 1.165) is 5.56 Å². The number of alkyl halides is 3. The molecule has 0 amide bonds. The van der Waals surface area contributed by atoms with E-state index in [1.54, 1.807) is 0 Å². The van der Waals surface area contributed by atoms with Crippen LogP contribution in [0.3, 0.4) is 0 Å². The monoisotopic (exact) mass is 303 g/mol. The van der Waals surface area contributed by atoms with E-state index in [1.807, 2.05) is 35.2 Å². The number of rotatable bonds is 5. The normalized spacial score (nSPS) is 19.2. The quantitative estimate of drug-likeness (QED) is 0.784. The van der Waals surface area contributed by atoms with Crippen molar-refractivity contribution in [1.29, 1.82) is 0 Å². The fraction of sp³-hybridized carbons (Fsp3) is 0.500. The lowest BCUT2D eigenvalue weighted by atomic mass is 10.1. The Hall–Kier alpha value is -1.60. The number of piperidine rings is 1. The Morgan fingerprint density at radius 2 is 1.81 bits per heavy atom. The summed E-state index contributed by atoms with van der Waals surface area (Å²) in [6.45, 7) is 1.10. The molecule has 4 nitrogen and oxygen atoms in total. The lowest BCUT2D eigenvalue weighted by molar-refractivity contribution is -0.346. The predicted octanol–water partition coefficient (Wildman–Crippen LogP) is 2.86. The Morgan fingerprint density at radius 3 is 2.33 bits per heavy atom. The van der Waals surface area contributed by atoms with E-state index in [-0.39, 0.29) is 12.8 Å². The average Bonchev–Trinajstić information content (AvgIpc) is 2.45. The zero-order chi connectivity index (χ0) is 15.3. The molecule has 116 valence electrons. The first kappa shape index (κ1) is 15.8. The predicted molar refractivity (Wildman–Crippen MR) is 68.1 cm³/mol. The maximum Gasteiger partial charge on any atom is 0.522 e. The molecule has 1 saturated heterocycles. The molecule has 1 aromatic carbocycles. The van der Waals surface area contributed by atoms with Crippen molar-refractivity contribution in [2.24, 2.45) is 0 Å². The zero-order valence-corrected chi connectivity index (χ0v) is 11.3. The molecule has 21 heavy (non-hydrogen) atoms. The Bertz CT molecular complexity index is 445. The van der Waals surface area contributed by atoms with Crippen molar-refractivity contribution >= 4 is 6.47 Å². The van der Waals surface area contributed by atoms with Crippen LogP contribution in [-0.2, 0) is 14.3 Å². The van der Waals surface area contributed by atoms with Gasteiger partial charge in [-0.3, -0.25) is 14.4 Å². The van der Waals surface area contributed by atoms with E-state index in [9.17, 15) is 18.0 Å². The van der Waals surface area contributed by atoms with Crippen LogP contribution in [0, 0.1) is 0 Å². The van der Waals surface area contributed by atoms with Crippen LogP contribution in [0.25, 0.3) is 0 Å². The number of hydrogen-bond donors (Lipinski definition) is 0. The number of ether oxygens (including phenoxy) is 2. The number of likely N-dealkylation sites (tertiary alicyclic amines) is 1. The van der Waals surface area contributed by atoms with Crippen molar-refractivity contribution in [3.8, 4) is 0 Å². The van der Waals surface area contributed by atoms with Crippen LogP contribution in [0.5, 0.6) is 0 Å². The summed E-state index contributed by atoms with van der Waals surface area (Å²) < 4.78 is 45.6.